The second kappa shape index (κ2) is 9.24. The van der Waals surface area contributed by atoms with Crippen LogP contribution < -0.4 is 4.74 Å². The van der Waals surface area contributed by atoms with E-state index >= 15 is 0 Å². The van der Waals surface area contributed by atoms with Crippen LogP contribution in [0.5, 0.6) is 5.75 Å². The molecule has 25 heavy (non-hydrogen) atoms. The van der Waals surface area contributed by atoms with E-state index in [4.69, 9.17) is 10.00 Å². The molecule has 0 aliphatic heterocycles. The van der Waals surface area contributed by atoms with E-state index in [1.54, 1.807) is 0 Å². The van der Waals surface area contributed by atoms with Gasteiger partial charge in [-0.1, -0.05) is 30.3 Å². The maximum atomic E-state index is 11.6. The zero-order chi connectivity index (χ0) is 18.1. The molecule has 0 aliphatic carbocycles. The smallest absolute Gasteiger partial charge is 0.239 e. The summed E-state index contributed by atoms with van der Waals surface area (Å²) in [5.74, 6) is 0.589. The zero-order valence-electron chi connectivity index (χ0n) is 14.5. The van der Waals surface area contributed by atoms with Crippen LogP contribution in [0.4, 0.5) is 0 Å². The third-order valence-corrected chi connectivity index (χ3v) is 3.59. The van der Waals surface area contributed by atoms with Crippen molar-refractivity contribution in [3.05, 3.63) is 65.7 Å². The van der Waals surface area contributed by atoms with Gasteiger partial charge in [0.25, 0.3) is 0 Å². The van der Waals surface area contributed by atoms with Crippen LogP contribution in [0.1, 0.15) is 31.4 Å². The molecule has 0 heterocycles. The van der Waals surface area contributed by atoms with Gasteiger partial charge >= 0.3 is 0 Å². The van der Waals surface area contributed by atoms with Gasteiger partial charge in [-0.15, -0.1) is 0 Å². The summed E-state index contributed by atoms with van der Waals surface area (Å²) in [6.07, 6.45) is 0.253. The van der Waals surface area contributed by atoms with Gasteiger partial charge in [-0.2, -0.15) is 10.4 Å². The molecule has 1 amide bonds. The van der Waals surface area contributed by atoms with E-state index in [-0.39, 0.29) is 12.3 Å². The van der Waals surface area contributed by atoms with Gasteiger partial charge in [-0.25, -0.2) is 5.01 Å². The zero-order valence-corrected chi connectivity index (χ0v) is 14.5. The van der Waals surface area contributed by atoms with Crippen molar-refractivity contribution in [2.45, 2.75) is 26.9 Å². The molecule has 2 aromatic rings. The van der Waals surface area contributed by atoms with Crippen molar-refractivity contribution in [3.63, 3.8) is 0 Å². The number of amides is 1. The predicted octanol–water partition coefficient (Wildman–Crippen LogP) is 3.75. The van der Waals surface area contributed by atoms with E-state index in [9.17, 15) is 4.79 Å². The van der Waals surface area contributed by atoms with Gasteiger partial charge < -0.3 is 4.74 Å². The topological polar surface area (TPSA) is 65.7 Å². The molecular formula is C20H21N3O2. The summed E-state index contributed by atoms with van der Waals surface area (Å²) in [6.45, 7) is 4.08. The van der Waals surface area contributed by atoms with E-state index in [0.717, 1.165) is 16.9 Å². The number of rotatable bonds is 7. The van der Waals surface area contributed by atoms with Crippen LogP contribution >= 0.6 is 0 Å². The first-order chi connectivity index (χ1) is 12.1. The van der Waals surface area contributed by atoms with Crippen molar-refractivity contribution in [2.24, 2.45) is 5.10 Å². The van der Waals surface area contributed by atoms with E-state index < -0.39 is 0 Å². The second-order valence-corrected chi connectivity index (χ2v) is 5.53. The number of nitriles is 1. The van der Waals surface area contributed by atoms with Crippen molar-refractivity contribution in [2.75, 3.05) is 6.54 Å². The molecule has 0 saturated carbocycles. The SMILES string of the molecule is CC(=O)N(CCC#N)/N=C(\C)c1ccc(OCc2ccccc2)cc1. The fourth-order valence-corrected chi connectivity index (χ4v) is 2.21. The van der Waals surface area contributed by atoms with Gasteiger partial charge in [0.05, 0.1) is 24.7 Å². The Morgan fingerprint density at radius 3 is 2.40 bits per heavy atom. The highest BCUT2D eigenvalue weighted by Gasteiger charge is 2.08. The average Bonchev–Trinajstić information content (AvgIpc) is 2.64. The average molecular weight is 335 g/mol. The lowest BCUT2D eigenvalue weighted by atomic mass is 10.1. The predicted molar refractivity (Wildman–Crippen MR) is 97.0 cm³/mol. The molecule has 0 fully saturated rings. The van der Waals surface area contributed by atoms with Gasteiger partial charge in [0, 0.05) is 6.92 Å². The van der Waals surface area contributed by atoms with Crippen molar-refractivity contribution >= 4 is 11.6 Å². The first-order valence-corrected chi connectivity index (χ1v) is 8.07. The lowest BCUT2D eigenvalue weighted by Crippen LogP contribution is -2.25. The largest absolute Gasteiger partial charge is 0.489 e. The Bertz CT molecular complexity index is 762. The highest BCUT2D eigenvalue weighted by atomic mass is 16.5. The van der Waals surface area contributed by atoms with Crippen LogP contribution in [0.15, 0.2) is 59.7 Å². The van der Waals surface area contributed by atoms with E-state index in [0.29, 0.717) is 18.9 Å². The molecule has 2 rings (SSSR count). The molecule has 0 aliphatic rings. The Kier molecular flexibility index (Phi) is 6.73. The highest BCUT2D eigenvalue weighted by Crippen LogP contribution is 2.15. The maximum Gasteiger partial charge on any atom is 0.239 e. The molecule has 0 spiro atoms. The fraction of sp³-hybridized carbons (Fsp3) is 0.250. The van der Waals surface area contributed by atoms with Crippen LogP contribution in [0.3, 0.4) is 0 Å². The summed E-state index contributed by atoms with van der Waals surface area (Å²) in [5, 5.41) is 14.3. The first-order valence-electron chi connectivity index (χ1n) is 8.07. The number of nitrogens with zero attached hydrogens (tertiary/aromatic N) is 3. The van der Waals surface area contributed by atoms with Gasteiger partial charge in [0.1, 0.15) is 12.4 Å². The van der Waals surface area contributed by atoms with Crippen LogP contribution in [0.25, 0.3) is 0 Å². The Morgan fingerprint density at radius 1 is 1.12 bits per heavy atom. The molecule has 0 saturated heterocycles. The Hall–Kier alpha value is -3.13. The molecule has 0 N–H and O–H groups in total. The lowest BCUT2D eigenvalue weighted by Gasteiger charge is -2.15. The molecule has 0 unspecified atom stereocenters. The van der Waals surface area contributed by atoms with Crippen molar-refractivity contribution < 1.29 is 9.53 Å². The number of carbonyl (C=O) groups excluding carboxylic acids is 1. The summed E-state index contributed by atoms with van der Waals surface area (Å²) in [5.41, 5.74) is 2.72. The van der Waals surface area contributed by atoms with Gasteiger partial charge in [0.15, 0.2) is 0 Å². The van der Waals surface area contributed by atoms with E-state index in [1.807, 2.05) is 67.6 Å². The summed E-state index contributed by atoms with van der Waals surface area (Å²) >= 11 is 0. The summed E-state index contributed by atoms with van der Waals surface area (Å²) in [7, 11) is 0. The van der Waals surface area contributed by atoms with E-state index in [1.165, 1.54) is 11.9 Å². The molecule has 0 aromatic heterocycles. The molecule has 128 valence electrons. The van der Waals surface area contributed by atoms with Crippen LogP contribution in [0, 0.1) is 11.3 Å². The minimum absolute atomic E-state index is 0.183. The standard InChI is InChI=1S/C20H21N3O2/c1-16(22-23(17(2)24)14-6-13-21)19-9-11-20(12-10-19)25-15-18-7-4-3-5-8-18/h3-5,7-12H,6,14-15H2,1-2H3/b22-16+. The number of hydrogen-bond acceptors (Lipinski definition) is 4. The number of benzene rings is 2. The van der Waals surface area contributed by atoms with Crippen LogP contribution in [0.2, 0.25) is 0 Å². The molecule has 0 atom stereocenters. The monoisotopic (exact) mass is 335 g/mol. The Balaban J connectivity index is 2.01. The van der Waals surface area contributed by atoms with Gasteiger partial charge in [-0.05, 0) is 42.3 Å². The first kappa shape index (κ1) is 18.2. The Morgan fingerprint density at radius 2 is 1.80 bits per heavy atom. The molecule has 5 nitrogen and oxygen atoms in total. The molecule has 0 radical (unpaired) electrons. The third kappa shape index (κ3) is 5.78. The normalized spacial score (nSPS) is 10.8. The number of hydrogen-bond donors (Lipinski definition) is 0. The quantitative estimate of drug-likeness (QED) is 0.572. The Labute approximate surface area is 148 Å². The number of hydrazone groups is 1. The summed E-state index contributed by atoms with van der Waals surface area (Å²) in [6, 6.07) is 19.6. The molecule has 5 heteroatoms. The third-order valence-electron chi connectivity index (χ3n) is 3.59. The lowest BCUT2D eigenvalue weighted by molar-refractivity contribution is -0.128. The van der Waals surface area contributed by atoms with Crippen LogP contribution in [-0.4, -0.2) is 23.2 Å². The maximum absolute atomic E-state index is 11.6. The van der Waals surface area contributed by atoms with Crippen LogP contribution in [-0.2, 0) is 11.4 Å². The highest BCUT2D eigenvalue weighted by molar-refractivity contribution is 5.99. The van der Waals surface area contributed by atoms with Crippen molar-refractivity contribution in [3.8, 4) is 11.8 Å². The molecule has 0 bridgehead atoms. The number of carbonyl (C=O) groups is 1. The number of ether oxygens (including phenoxy) is 1. The minimum atomic E-state index is -0.183. The van der Waals surface area contributed by atoms with Gasteiger partial charge in [0.2, 0.25) is 5.91 Å². The minimum Gasteiger partial charge on any atom is -0.489 e. The van der Waals surface area contributed by atoms with Gasteiger partial charge in [-0.3, -0.25) is 4.79 Å². The molecular weight excluding hydrogens is 314 g/mol. The second-order valence-electron chi connectivity index (χ2n) is 5.53. The fourth-order valence-electron chi connectivity index (χ4n) is 2.21. The summed E-state index contributed by atoms with van der Waals surface area (Å²) < 4.78 is 5.76. The summed E-state index contributed by atoms with van der Waals surface area (Å²) in [4.78, 5) is 11.6. The van der Waals surface area contributed by atoms with Crippen molar-refractivity contribution in [1.82, 2.24) is 5.01 Å². The van der Waals surface area contributed by atoms with Crippen molar-refractivity contribution in [1.29, 1.82) is 5.26 Å². The molecule has 2 aromatic carbocycles. The van der Waals surface area contributed by atoms with E-state index in [2.05, 4.69) is 5.10 Å².